The lowest BCUT2D eigenvalue weighted by Crippen LogP contribution is -2.16. The Labute approximate surface area is 85.2 Å². The van der Waals surface area contributed by atoms with Gasteiger partial charge in [-0.2, -0.15) is 0 Å². The number of aromatic nitrogens is 3. The molecule has 0 bridgehead atoms. The number of hydrogen-bond donors (Lipinski definition) is 1. The van der Waals surface area contributed by atoms with Gasteiger partial charge in [-0.3, -0.25) is 4.79 Å². The van der Waals surface area contributed by atoms with Crippen molar-refractivity contribution in [2.24, 2.45) is 5.73 Å². The van der Waals surface area contributed by atoms with Crippen molar-refractivity contribution in [1.82, 2.24) is 15.0 Å². The van der Waals surface area contributed by atoms with Crippen LogP contribution in [0.3, 0.4) is 0 Å². The summed E-state index contributed by atoms with van der Waals surface area (Å²) < 4.78 is 25.3. The normalized spacial score (nSPS) is 10.9. The molecule has 0 aliphatic carbocycles. The summed E-state index contributed by atoms with van der Waals surface area (Å²) in [5.74, 6) is -0.737. The Hall–Kier alpha value is -1.53. The van der Waals surface area contributed by atoms with Crippen LogP contribution in [0.2, 0.25) is 0 Å². The van der Waals surface area contributed by atoms with Crippen LogP contribution in [0.5, 0.6) is 0 Å². The fourth-order valence-corrected chi connectivity index (χ4v) is 1.29. The molecule has 0 aliphatic heterocycles. The SMILES string of the molecule is CCCc1c(C(N)=O)nnn1CC(F)F. The number of nitrogens with zero attached hydrogens (tertiary/aromatic N) is 3. The number of primary amides is 1. The van der Waals surface area contributed by atoms with Crippen molar-refractivity contribution in [3.8, 4) is 0 Å². The zero-order valence-corrected chi connectivity index (χ0v) is 8.28. The van der Waals surface area contributed by atoms with Crippen LogP contribution in [0.25, 0.3) is 0 Å². The van der Waals surface area contributed by atoms with E-state index in [-0.39, 0.29) is 5.69 Å². The second kappa shape index (κ2) is 4.81. The van der Waals surface area contributed by atoms with Crippen LogP contribution in [0, 0.1) is 0 Å². The van der Waals surface area contributed by atoms with Crippen LogP contribution < -0.4 is 5.73 Å². The number of nitrogens with two attached hydrogens (primary N) is 1. The molecule has 0 atom stereocenters. The first-order valence-corrected chi connectivity index (χ1v) is 4.56. The predicted octanol–water partition coefficient (Wildman–Crippen LogP) is 0.595. The molecule has 7 heteroatoms. The maximum atomic E-state index is 12.1. The number of halogens is 2. The molecule has 1 heterocycles. The molecule has 15 heavy (non-hydrogen) atoms. The number of hydrogen-bond acceptors (Lipinski definition) is 3. The predicted molar refractivity (Wildman–Crippen MR) is 48.5 cm³/mol. The Morgan fingerprint density at radius 2 is 2.27 bits per heavy atom. The largest absolute Gasteiger partial charge is 0.364 e. The molecule has 5 nitrogen and oxygen atoms in total. The summed E-state index contributed by atoms with van der Waals surface area (Å²) >= 11 is 0. The molecule has 0 aromatic carbocycles. The Bertz CT molecular complexity index is 350. The molecule has 1 rings (SSSR count). The van der Waals surface area contributed by atoms with Gasteiger partial charge in [-0.05, 0) is 6.42 Å². The van der Waals surface area contributed by atoms with Gasteiger partial charge in [0.05, 0.1) is 5.69 Å². The van der Waals surface area contributed by atoms with E-state index in [4.69, 9.17) is 5.73 Å². The highest BCUT2D eigenvalue weighted by Gasteiger charge is 2.18. The van der Waals surface area contributed by atoms with Crippen molar-refractivity contribution in [2.45, 2.75) is 32.7 Å². The van der Waals surface area contributed by atoms with Crippen LogP contribution in [0.4, 0.5) is 8.78 Å². The van der Waals surface area contributed by atoms with E-state index in [9.17, 15) is 13.6 Å². The van der Waals surface area contributed by atoms with Crippen LogP contribution >= 0.6 is 0 Å². The molecule has 0 aliphatic rings. The molecule has 0 fully saturated rings. The summed E-state index contributed by atoms with van der Waals surface area (Å²) in [6.07, 6.45) is -1.36. The van der Waals surface area contributed by atoms with Crippen LogP contribution in [-0.2, 0) is 13.0 Å². The Kier molecular flexibility index (Phi) is 3.70. The molecule has 0 spiro atoms. The molecular formula is C8H12F2N4O. The highest BCUT2D eigenvalue weighted by Crippen LogP contribution is 2.09. The highest BCUT2D eigenvalue weighted by molar-refractivity contribution is 5.91. The quantitative estimate of drug-likeness (QED) is 0.786. The minimum atomic E-state index is -2.52. The van der Waals surface area contributed by atoms with Gasteiger partial charge >= 0.3 is 0 Å². The molecule has 1 aromatic rings. The Morgan fingerprint density at radius 3 is 2.73 bits per heavy atom. The van der Waals surface area contributed by atoms with Crippen molar-refractivity contribution < 1.29 is 13.6 Å². The summed E-state index contributed by atoms with van der Waals surface area (Å²) in [6, 6.07) is 0. The zero-order valence-electron chi connectivity index (χ0n) is 8.28. The molecule has 0 radical (unpaired) electrons. The minimum absolute atomic E-state index is 0.0162. The Morgan fingerprint density at radius 1 is 1.60 bits per heavy atom. The number of carbonyl (C=O) groups is 1. The van der Waals surface area contributed by atoms with E-state index in [1.807, 2.05) is 6.92 Å². The summed E-state index contributed by atoms with van der Waals surface area (Å²) in [6.45, 7) is 1.31. The molecule has 2 N–H and O–H groups in total. The van der Waals surface area contributed by atoms with Crippen molar-refractivity contribution in [1.29, 1.82) is 0 Å². The standard InChI is InChI=1S/C8H12F2N4O/c1-2-3-5-7(8(11)15)12-13-14(5)4-6(9)10/h6H,2-4H2,1H3,(H2,11,15). The first kappa shape index (κ1) is 11.5. The van der Waals surface area contributed by atoms with E-state index in [0.29, 0.717) is 18.5 Å². The lowest BCUT2D eigenvalue weighted by molar-refractivity contribution is 0.0993. The van der Waals surface area contributed by atoms with Crippen LogP contribution in [0.1, 0.15) is 29.5 Å². The summed E-state index contributed by atoms with van der Waals surface area (Å²) in [7, 11) is 0. The van der Waals surface area contributed by atoms with Gasteiger partial charge < -0.3 is 5.73 Å². The van der Waals surface area contributed by atoms with Gasteiger partial charge in [0.15, 0.2) is 5.69 Å². The van der Waals surface area contributed by atoms with Gasteiger partial charge in [0.1, 0.15) is 6.54 Å². The molecule has 0 saturated carbocycles. The van der Waals surface area contributed by atoms with Crippen molar-refractivity contribution in [3.05, 3.63) is 11.4 Å². The number of carbonyl (C=O) groups excluding carboxylic acids is 1. The van der Waals surface area contributed by atoms with Gasteiger partial charge in [-0.15, -0.1) is 5.10 Å². The average molecular weight is 218 g/mol. The molecule has 0 saturated heterocycles. The lowest BCUT2D eigenvalue weighted by Gasteiger charge is -2.04. The van der Waals surface area contributed by atoms with Gasteiger partial charge in [-0.25, -0.2) is 13.5 Å². The van der Waals surface area contributed by atoms with E-state index in [1.54, 1.807) is 0 Å². The van der Waals surface area contributed by atoms with Crippen molar-refractivity contribution in [3.63, 3.8) is 0 Å². The summed E-state index contributed by atoms with van der Waals surface area (Å²) in [4.78, 5) is 10.9. The maximum absolute atomic E-state index is 12.1. The van der Waals surface area contributed by atoms with E-state index in [0.717, 1.165) is 4.68 Å². The number of rotatable bonds is 5. The van der Waals surface area contributed by atoms with Gasteiger partial charge in [-0.1, -0.05) is 18.6 Å². The fourth-order valence-electron chi connectivity index (χ4n) is 1.29. The van der Waals surface area contributed by atoms with Crippen LogP contribution in [0.15, 0.2) is 0 Å². The topological polar surface area (TPSA) is 73.8 Å². The Balaban J connectivity index is 3.00. The minimum Gasteiger partial charge on any atom is -0.364 e. The van der Waals surface area contributed by atoms with Gasteiger partial charge in [0.25, 0.3) is 12.3 Å². The highest BCUT2D eigenvalue weighted by atomic mass is 19.3. The number of alkyl halides is 2. The molecule has 84 valence electrons. The smallest absolute Gasteiger partial charge is 0.271 e. The maximum Gasteiger partial charge on any atom is 0.271 e. The second-order valence-corrected chi connectivity index (χ2v) is 3.07. The third-order valence-electron chi connectivity index (χ3n) is 1.87. The first-order valence-electron chi connectivity index (χ1n) is 4.56. The second-order valence-electron chi connectivity index (χ2n) is 3.07. The molecule has 1 aromatic heterocycles. The van der Waals surface area contributed by atoms with Gasteiger partial charge in [0.2, 0.25) is 0 Å². The molecular weight excluding hydrogens is 206 g/mol. The van der Waals surface area contributed by atoms with E-state index in [2.05, 4.69) is 10.3 Å². The fraction of sp³-hybridized carbons (Fsp3) is 0.625. The molecule has 1 amide bonds. The van der Waals surface area contributed by atoms with Crippen LogP contribution in [-0.4, -0.2) is 27.3 Å². The molecule has 0 unspecified atom stereocenters. The van der Waals surface area contributed by atoms with Crippen molar-refractivity contribution >= 4 is 5.91 Å². The zero-order chi connectivity index (χ0) is 11.4. The third-order valence-corrected chi connectivity index (χ3v) is 1.87. The van der Waals surface area contributed by atoms with E-state index in [1.165, 1.54) is 0 Å². The summed E-state index contributed by atoms with van der Waals surface area (Å²) in [5, 5.41) is 6.97. The lowest BCUT2D eigenvalue weighted by atomic mass is 10.2. The third kappa shape index (κ3) is 2.71. The number of amides is 1. The first-order chi connectivity index (χ1) is 7.06. The van der Waals surface area contributed by atoms with E-state index < -0.39 is 18.9 Å². The van der Waals surface area contributed by atoms with Crippen molar-refractivity contribution in [2.75, 3.05) is 0 Å². The summed E-state index contributed by atoms with van der Waals surface area (Å²) in [5.41, 5.74) is 5.41. The monoisotopic (exact) mass is 218 g/mol. The van der Waals surface area contributed by atoms with E-state index >= 15 is 0 Å². The van der Waals surface area contributed by atoms with Gasteiger partial charge in [0, 0.05) is 0 Å². The average Bonchev–Trinajstić information content (AvgIpc) is 2.48.